The van der Waals surface area contributed by atoms with E-state index in [9.17, 15) is 0 Å². The van der Waals surface area contributed by atoms with Crippen molar-refractivity contribution < 1.29 is 4.74 Å². The van der Waals surface area contributed by atoms with E-state index in [-0.39, 0.29) is 24.0 Å². The summed E-state index contributed by atoms with van der Waals surface area (Å²) in [5.74, 6) is 1.73. The molecule has 1 aliphatic heterocycles. The van der Waals surface area contributed by atoms with E-state index >= 15 is 0 Å². The van der Waals surface area contributed by atoms with Crippen LogP contribution in [0.15, 0.2) is 22.5 Å². The summed E-state index contributed by atoms with van der Waals surface area (Å²) >= 11 is 1.85. The van der Waals surface area contributed by atoms with Gasteiger partial charge in [-0.15, -0.1) is 35.3 Å². The van der Waals surface area contributed by atoms with E-state index in [4.69, 9.17) is 4.74 Å². The molecule has 1 aromatic heterocycles. The molecular formula is C18H33IN4OS. The highest BCUT2D eigenvalue weighted by Crippen LogP contribution is 2.28. The first-order valence-electron chi connectivity index (χ1n) is 8.95. The third kappa shape index (κ3) is 7.80. The molecule has 0 aromatic carbocycles. The molecule has 2 rings (SSSR count). The fourth-order valence-electron chi connectivity index (χ4n) is 3.07. The number of halogens is 1. The number of likely N-dealkylation sites (tertiary alicyclic amines) is 1. The first-order chi connectivity index (χ1) is 11.7. The molecule has 2 N–H and O–H groups in total. The minimum atomic E-state index is 0. The summed E-state index contributed by atoms with van der Waals surface area (Å²) in [4.78, 5) is 8.39. The summed E-state index contributed by atoms with van der Waals surface area (Å²) in [5, 5.41) is 9.04. The average Bonchev–Trinajstić information content (AvgIpc) is 3.13. The highest BCUT2D eigenvalue weighted by Gasteiger charge is 2.25. The Kier molecular flexibility index (Phi) is 11.7. The number of rotatable bonds is 8. The number of thiophene rings is 1. The summed E-state index contributed by atoms with van der Waals surface area (Å²) in [6.07, 6.45) is 3.58. The number of nitrogens with one attached hydrogen (secondary N) is 2. The molecule has 1 aromatic rings. The fraction of sp³-hybridized carbons (Fsp3) is 0.722. The Morgan fingerprint density at radius 1 is 1.40 bits per heavy atom. The monoisotopic (exact) mass is 480 g/mol. The van der Waals surface area contributed by atoms with E-state index in [1.54, 1.807) is 7.11 Å². The lowest BCUT2D eigenvalue weighted by Gasteiger charge is -2.36. The lowest BCUT2D eigenvalue weighted by molar-refractivity contribution is 0.140. The molecule has 0 aliphatic carbocycles. The molecule has 1 aliphatic rings. The Morgan fingerprint density at radius 2 is 2.16 bits per heavy atom. The van der Waals surface area contributed by atoms with Gasteiger partial charge in [0.05, 0.1) is 6.04 Å². The lowest BCUT2D eigenvalue weighted by Crippen LogP contribution is -2.45. The average molecular weight is 480 g/mol. The van der Waals surface area contributed by atoms with Crippen LogP contribution in [-0.4, -0.2) is 57.8 Å². The number of ether oxygens (including phenoxy) is 1. The van der Waals surface area contributed by atoms with Crippen molar-refractivity contribution in [2.24, 2.45) is 10.9 Å². The van der Waals surface area contributed by atoms with Gasteiger partial charge in [-0.2, -0.15) is 0 Å². The van der Waals surface area contributed by atoms with Crippen molar-refractivity contribution in [1.29, 1.82) is 0 Å². The van der Waals surface area contributed by atoms with Crippen LogP contribution in [0.5, 0.6) is 0 Å². The second kappa shape index (κ2) is 12.9. The Bertz CT molecular complexity index is 475. The first-order valence-corrected chi connectivity index (χ1v) is 9.83. The molecule has 0 saturated carbocycles. The van der Waals surface area contributed by atoms with Crippen molar-refractivity contribution in [3.8, 4) is 0 Å². The van der Waals surface area contributed by atoms with Crippen molar-refractivity contribution in [2.45, 2.75) is 32.2 Å². The van der Waals surface area contributed by atoms with Crippen LogP contribution < -0.4 is 10.6 Å². The molecule has 1 unspecified atom stereocenters. The van der Waals surface area contributed by atoms with Crippen molar-refractivity contribution in [3.05, 3.63) is 22.4 Å². The number of guanidine groups is 1. The molecule has 0 radical (unpaired) electrons. The maximum Gasteiger partial charge on any atom is 0.191 e. The van der Waals surface area contributed by atoms with Gasteiger partial charge in [0.2, 0.25) is 0 Å². The van der Waals surface area contributed by atoms with Gasteiger partial charge in [0.25, 0.3) is 0 Å². The molecule has 7 heteroatoms. The van der Waals surface area contributed by atoms with Crippen molar-refractivity contribution in [2.75, 3.05) is 46.9 Å². The lowest BCUT2D eigenvalue weighted by atomic mass is 9.97. The number of hydrogen-bond donors (Lipinski definition) is 2. The molecular weight excluding hydrogens is 447 g/mol. The standard InChI is InChI=1S/C18H32N4OS.HI/c1-15-7-10-22(11-8-15)16(17-6-4-13-24-17)14-21-18(19-2)20-9-5-12-23-3;/h4,6,13,15-16H,5,7-12,14H2,1-3H3,(H2,19,20,21);1H. The quantitative estimate of drug-likeness (QED) is 0.260. The third-order valence-corrected chi connectivity index (χ3v) is 5.61. The van der Waals surface area contributed by atoms with E-state index in [0.29, 0.717) is 6.04 Å². The topological polar surface area (TPSA) is 48.9 Å². The minimum absolute atomic E-state index is 0. The molecule has 0 amide bonds. The van der Waals surface area contributed by atoms with E-state index in [0.717, 1.165) is 38.0 Å². The Morgan fingerprint density at radius 3 is 2.76 bits per heavy atom. The zero-order valence-electron chi connectivity index (χ0n) is 15.7. The maximum absolute atomic E-state index is 5.09. The van der Waals surface area contributed by atoms with Gasteiger partial charge in [0.1, 0.15) is 0 Å². The Labute approximate surface area is 173 Å². The molecule has 0 spiro atoms. The van der Waals surface area contributed by atoms with Gasteiger partial charge in [0.15, 0.2) is 5.96 Å². The molecule has 1 saturated heterocycles. The fourth-order valence-corrected chi connectivity index (χ4v) is 3.93. The number of piperidine rings is 1. The van der Waals surface area contributed by atoms with Gasteiger partial charge < -0.3 is 15.4 Å². The van der Waals surface area contributed by atoms with E-state index in [1.165, 1.54) is 30.8 Å². The predicted molar refractivity (Wildman–Crippen MR) is 118 cm³/mol. The van der Waals surface area contributed by atoms with Crippen LogP contribution >= 0.6 is 35.3 Å². The molecule has 0 bridgehead atoms. The molecule has 144 valence electrons. The SMILES string of the molecule is CN=C(NCCCOC)NCC(c1cccs1)N1CCC(C)CC1.I. The van der Waals surface area contributed by atoms with E-state index < -0.39 is 0 Å². The normalized spacial score (nSPS) is 17.8. The Hall–Kier alpha value is -0.380. The van der Waals surface area contributed by atoms with Gasteiger partial charge in [-0.1, -0.05) is 13.0 Å². The predicted octanol–water partition coefficient (Wildman–Crippen LogP) is 3.34. The second-order valence-corrected chi connectivity index (χ2v) is 7.46. The second-order valence-electron chi connectivity index (χ2n) is 6.48. The summed E-state index contributed by atoms with van der Waals surface area (Å²) in [6, 6.07) is 4.83. The maximum atomic E-state index is 5.09. The van der Waals surface area contributed by atoms with Gasteiger partial charge in [0, 0.05) is 38.7 Å². The van der Waals surface area contributed by atoms with Crippen molar-refractivity contribution >= 4 is 41.3 Å². The smallest absolute Gasteiger partial charge is 0.191 e. The highest BCUT2D eigenvalue weighted by atomic mass is 127. The highest BCUT2D eigenvalue weighted by molar-refractivity contribution is 14.0. The number of nitrogens with zero attached hydrogens (tertiary/aromatic N) is 2. The van der Waals surface area contributed by atoms with Crippen LogP contribution in [0, 0.1) is 5.92 Å². The third-order valence-electron chi connectivity index (χ3n) is 4.63. The molecule has 1 atom stereocenters. The van der Waals surface area contributed by atoms with Gasteiger partial charge in [-0.25, -0.2) is 0 Å². The molecule has 2 heterocycles. The van der Waals surface area contributed by atoms with Crippen LogP contribution in [-0.2, 0) is 4.74 Å². The van der Waals surface area contributed by atoms with Crippen LogP contribution in [0.4, 0.5) is 0 Å². The van der Waals surface area contributed by atoms with Gasteiger partial charge in [-0.05, 0) is 49.7 Å². The zero-order valence-corrected chi connectivity index (χ0v) is 18.8. The summed E-state index contributed by atoms with van der Waals surface area (Å²) in [7, 11) is 3.56. The largest absolute Gasteiger partial charge is 0.385 e. The van der Waals surface area contributed by atoms with Crippen molar-refractivity contribution in [1.82, 2.24) is 15.5 Å². The Balaban J connectivity index is 0.00000312. The number of methoxy groups -OCH3 is 1. The van der Waals surface area contributed by atoms with E-state index in [2.05, 4.69) is 45.0 Å². The molecule has 1 fully saturated rings. The first kappa shape index (κ1) is 22.7. The van der Waals surface area contributed by atoms with Gasteiger partial charge in [-0.3, -0.25) is 9.89 Å². The summed E-state index contributed by atoms with van der Waals surface area (Å²) < 4.78 is 5.09. The minimum Gasteiger partial charge on any atom is -0.385 e. The summed E-state index contributed by atoms with van der Waals surface area (Å²) in [5.41, 5.74) is 0. The summed E-state index contributed by atoms with van der Waals surface area (Å²) in [6.45, 7) is 7.27. The van der Waals surface area contributed by atoms with Crippen LogP contribution in [0.3, 0.4) is 0 Å². The zero-order chi connectivity index (χ0) is 17.2. The molecule has 25 heavy (non-hydrogen) atoms. The van der Waals surface area contributed by atoms with Crippen molar-refractivity contribution in [3.63, 3.8) is 0 Å². The van der Waals surface area contributed by atoms with Gasteiger partial charge >= 0.3 is 0 Å². The number of aliphatic imine (C=N–C) groups is 1. The molecule has 5 nitrogen and oxygen atoms in total. The van der Waals surface area contributed by atoms with Crippen LogP contribution in [0.2, 0.25) is 0 Å². The van der Waals surface area contributed by atoms with E-state index in [1.807, 2.05) is 18.4 Å². The van der Waals surface area contributed by atoms with Crippen LogP contribution in [0.1, 0.15) is 37.1 Å². The number of hydrogen-bond acceptors (Lipinski definition) is 4. The van der Waals surface area contributed by atoms with Crippen LogP contribution in [0.25, 0.3) is 0 Å².